The number of rotatable bonds is 7. The summed E-state index contributed by atoms with van der Waals surface area (Å²) in [6.45, 7) is 8.35. The third-order valence-corrected chi connectivity index (χ3v) is 5.12. The van der Waals surface area contributed by atoms with E-state index in [2.05, 4.69) is 4.72 Å². The van der Waals surface area contributed by atoms with Crippen LogP contribution in [-0.2, 0) is 24.3 Å². The second kappa shape index (κ2) is 7.76. The summed E-state index contributed by atoms with van der Waals surface area (Å²) in [7, 11) is -3.91. The van der Waals surface area contributed by atoms with Crippen LogP contribution in [0, 0.1) is 19.8 Å². The molecule has 0 spiro atoms. The van der Waals surface area contributed by atoms with E-state index in [0.717, 1.165) is 11.1 Å². The van der Waals surface area contributed by atoms with Gasteiger partial charge in [-0.1, -0.05) is 19.9 Å². The van der Waals surface area contributed by atoms with E-state index in [0.29, 0.717) is 0 Å². The van der Waals surface area contributed by atoms with Gasteiger partial charge in [-0.05, 0) is 49.9 Å². The Hall–Kier alpha value is -1.93. The fourth-order valence-electron chi connectivity index (χ4n) is 1.88. The van der Waals surface area contributed by atoms with Gasteiger partial charge in [0.05, 0.1) is 4.90 Å². The molecule has 0 aliphatic heterocycles. The van der Waals surface area contributed by atoms with Crippen molar-refractivity contribution >= 4 is 21.9 Å². The number of carbonyl (C=O) groups excluding carboxylic acids is 2. The van der Waals surface area contributed by atoms with Gasteiger partial charge in [0.25, 0.3) is 5.91 Å². The standard InChI is InChI=1S/C16H24N2O5S/c1-9(2)14(16(20)23-12(5)15(17)19)18-24(21,22)13-7-6-10(3)11(4)8-13/h6-9,12,14,18H,1-5H3,(H2,17,19)/t12-,14+/m1/s1. The molecule has 0 radical (unpaired) electrons. The Kier molecular flexibility index (Phi) is 6.50. The fraction of sp³-hybridized carbons (Fsp3) is 0.500. The van der Waals surface area contributed by atoms with Crippen molar-refractivity contribution in [2.75, 3.05) is 0 Å². The second-order valence-electron chi connectivity index (χ2n) is 6.07. The molecule has 134 valence electrons. The minimum absolute atomic E-state index is 0.0620. The average molecular weight is 356 g/mol. The van der Waals surface area contributed by atoms with Crippen molar-refractivity contribution in [1.29, 1.82) is 0 Å². The summed E-state index contributed by atoms with van der Waals surface area (Å²) >= 11 is 0. The highest BCUT2D eigenvalue weighted by Gasteiger charge is 2.31. The molecular weight excluding hydrogens is 332 g/mol. The van der Waals surface area contributed by atoms with Crippen molar-refractivity contribution in [3.05, 3.63) is 29.3 Å². The predicted octanol–water partition coefficient (Wildman–Crippen LogP) is 1.02. The van der Waals surface area contributed by atoms with Crippen LogP contribution in [0.5, 0.6) is 0 Å². The highest BCUT2D eigenvalue weighted by Crippen LogP contribution is 2.17. The summed E-state index contributed by atoms with van der Waals surface area (Å²) in [4.78, 5) is 23.2. The normalized spacial score (nSPS) is 14.2. The van der Waals surface area contributed by atoms with Crippen LogP contribution in [0.25, 0.3) is 0 Å². The van der Waals surface area contributed by atoms with Crippen LogP contribution in [0.2, 0.25) is 0 Å². The van der Waals surface area contributed by atoms with Crippen LogP contribution < -0.4 is 10.5 Å². The van der Waals surface area contributed by atoms with Gasteiger partial charge < -0.3 is 10.5 Å². The number of benzene rings is 1. The quantitative estimate of drug-likeness (QED) is 0.708. The summed E-state index contributed by atoms with van der Waals surface area (Å²) in [6, 6.07) is 3.58. The first kappa shape index (κ1) is 20.1. The van der Waals surface area contributed by atoms with E-state index >= 15 is 0 Å². The lowest BCUT2D eigenvalue weighted by atomic mass is 10.1. The summed E-state index contributed by atoms with van der Waals surface area (Å²) < 4.78 is 32.3. The molecule has 0 aliphatic rings. The molecule has 3 N–H and O–H groups in total. The number of sulfonamides is 1. The molecule has 0 saturated heterocycles. The third-order valence-electron chi connectivity index (χ3n) is 3.68. The minimum atomic E-state index is -3.91. The summed E-state index contributed by atoms with van der Waals surface area (Å²) in [5.74, 6) is -2.02. The Morgan fingerprint density at radius 1 is 1.12 bits per heavy atom. The van der Waals surface area contributed by atoms with Crippen molar-refractivity contribution < 1.29 is 22.7 Å². The Balaban J connectivity index is 3.04. The third kappa shape index (κ3) is 5.04. The molecule has 1 aromatic carbocycles. The minimum Gasteiger partial charge on any atom is -0.451 e. The van der Waals surface area contributed by atoms with Gasteiger partial charge in [0.1, 0.15) is 6.04 Å². The first-order valence-electron chi connectivity index (χ1n) is 7.55. The van der Waals surface area contributed by atoms with E-state index in [1.54, 1.807) is 26.8 Å². The zero-order chi connectivity index (χ0) is 18.7. The number of nitrogens with two attached hydrogens (primary N) is 1. The zero-order valence-electron chi connectivity index (χ0n) is 14.5. The molecule has 24 heavy (non-hydrogen) atoms. The molecule has 0 saturated carbocycles. The van der Waals surface area contributed by atoms with Gasteiger partial charge in [-0.2, -0.15) is 4.72 Å². The molecule has 1 aromatic rings. The van der Waals surface area contributed by atoms with E-state index in [-0.39, 0.29) is 10.8 Å². The van der Waals surface area contributed by atoms with E-state index in [1.807, 2.05) is 6.92 Å². The summed E-state index contributed by atoms with van der Waals surface area (Å²) in [5, 5.41) is 0. The molecular formula is C16H24N2O5S. The number of ether oxygens (including phenoxy) is 1. The van der Waals surface area contributed by atoms with Gasteiger partial charge in [0, 0.05) is 0 Å². The second-order valence-corrected chi connectivity index (χ2v) is 7.78. The number of nitrogens with one attached hydrogen (secondary N) is 1. The highest BCUT2D eigenvalue weighted by atomic mass is 32.2. The fourth-order valence-corrected chi connectivity index (χ4v) is 3.30. The number of hydrogen-bond donors (Lipinski definition) is 2. The van der Waals surface area contributed by atoms with Crippen LogP contribution in [0.4, 0.5) is 0 Å². The maximum Gasteiger partial charge on any atom is 0.325 e. The first-order chi connectivity index (χ1) is 11.0. The van der Waals surface area contributed by atoms with Gasteiger partial charge in [-0.25, -0.2) is 8.42 Å². The predicted molar refractivity (Wildman–Crippen MR) is 89.6 cm³/mol. The monoisotopic (exact) mass is 356 g/mol. The van der Waals surface area contributed by atoms with Gasteiger partial charge in [0.2, 0.25) is 10.0 Å². The summed E-state index contributed by atoms with van der Waals surface area (Å²) in [5.41, 5.74) is 6.84. The number of primary amides is 1. The average Bonchev–Trinajstić information content (AvgIpc) is 2.46. The number of carbonyl (C=O) groups is 2. The Bertz CT molecular complexity index is 728. The van der Waals surface area contributed by atoms with Gasteiger partial charge >= 0.3 is 5.97 Å². The van der Waals surface area contributed by atoms with Gasteiger partial charge in [-0.15, -0.1) is 0 Å². The highest BCUT2D eigenvalue weighted by molar-refractivity contribution is 7.89. The van der Waals surface area contributed by atoms with Gasteiger partial charge in [-0.3, -0.25) is 9.59 Å². The van der Waals surface area contributed by atoms with Crippen molar-refractivity contribution in [2.45, 2.75) is 51.7 Å². The number of amides is 1. The maximum atomic E-state index is 12.5. The largest absolute Gasteiger partial charge is 0.451 e. The van der Waals surface area contributed by atoms with E-state index in [9.17, 15) is 18.0 Å². The van der Waals surface area contributed by atoms with E-state index < -0.39 is 34.0 Å². The molecule has 8 heteroatoms. The first-order valence-corrected chi connectivity index (χ1v) is 9.03. The molecule has 0 aliphatic carbocycles. The Morgan fingerprint density at radius 3 is 2.17 bits per heavy atom. The number of esters is 1. The molecule has 0 aromatic heterocycles. The maximum absolute atomic E-state index is 12.5. The van der Waals surface area contributed by atoms with Crippen molar-refractivity contribution in [3.8, 4) is 0 Å². The van der Waals surface area contributed by atoms with Crippen LogP contribution >= 0.6 is 0 Å². The molecule has 0 fully saturated rings. The molecule has 0 bridgehead atoms. The Labute approximate surface area is 142 Å². The smallest absolute Gasteiger partial charge is 0.325 e. The summed E-state index contributed by atoms with van der Waals surface area (Å²) in [6.07, 6.45) is -1.13. The van der Waals surface area contributed by atoms with Crippen molar-refractivity contribution in [3.63, 3.8) is 0 Å². The molecule has 0 heterocycles. The lowest BCUT2D eigenvalue weighted by Gasteiger charge is -2.22. The zero-order valence-corrected chi connectivity index (χ0v) is 15.3. The van der Waals surface area contributed by atoms with E-state index in [1.165, 1.54) is 19.1 Å². The lowest BCUT2D eigenvalue weighted by molar-refractivity contribution is -0.156. The Morgan fingerprint density at radius 2 is 1.71 bits per heavy atom. The van der Waals surface area contributed by atoms with E-state index in [4.69, 9.17) is 10.5 Å². The van der Waals surface area contributed by atoms with Crippen LogP contribution in [0.1, 0.15) is 31.9 Å². The van der Waals surface area contributed by atoms with Crippen LogP contribution in [0.3, 0.4) is 0 Å². The topological polar surface area (TPSA) is 116 Å². The van der Waals surface area contributed by atoms with Gasteiger partial charge in [0.15, 0.2) is 6.10 Å². The molecule has 1 rings (SSSR count). The SMILES string of the molecule is Cc1ccc(S(=O)(=O)N[C@H](C(=O)O[C@H](C)C(N)=O)C(C)C)cc1C. The van der Waals surface area contributed by atoms with Crippen molar-refractivity contribution in [1.82, 2.24) is 4.72 Å². The molecule has 2 atom stereocenters. The van der Waals surface area contributed by atoms with Crippen LogP contribution in [-0.4, -0.2) is 32.4 Å². The van der Waals surface area contributed by atoms with Crippen LogP contribution in [0.15, 0.2) is 23.1 Å². The molecule has 1 amide bonds. The number of hydrogen-bond acceptors (Lipinski definition) is 5. The lowest BCUT2D eigenvalue weighted by Crippen LogP contribution is -2.47. The number of aryl methyl sites for hydroxylation is 2. The molecule has 0 unspecified atom stereocenters. The van der Waals surface area contributed by atoms with Crippen molar-refractivity contribution in [2.24, 2.45) is 11.7 Å². The molecule has 7 nitrogen and oxygen atoms in total.